The number of esters is 4. The van der Waals surface area contributed by atoms with Gasteiger partial charge in [-0.15, -0.1) is 0 Å². The average molecular weight is 460 g/mol. The molecule has 32 heavy (non-hydrogen) atoms. The fourth-order valence-corrected chi connectivity index (χ4v) is 3.27. The van der Waals surface area contributed by atoms with Crippen molar-refractivity contribution in [2.24, 2.45) is 0 Å². The average Bonchev–Trinajstić information content (AvgIpc) is 2.66. The third-order valence-electron chi connectivity index (χ3n) is 4.41. The molecule has 2 aliphatic rings. The van der Waals surface area contributed by atoms with Crippen molar-refractivity contribution in [1.82, 2.24) is 10.2 Å². The van der Waals surface area contributed by atoms with Crippen LogP contribution in [0.1, 0.15) is 27.7 Å². The number of β-amino-alcohol motifs (C(OH)–C–C–N with tert-alkyl or cyclic N) is 1. The minimum absolute atomic E-state index is 0.362. The molecule has 14 nitrogen and oxygen atoms in total. The van der Waals surface area contributed by atoms with Crippen LogP contribution in [-0.4, -0.2) is 95.7 Å². The lowest BCUT2D eigenvalue weighted by Crippen LogP contribution is -2.71. The number of hydrogen-bond acceptors (Lipinski definition) is 12. The topological polar surface area (TPSA) is 184 Å². The predicted molar refractivity (Wildman–Crippen MR) is 98.2 cm³/mol. The smallest absolute Gasteiger partial charge is 0.326 e. The molecule has 0 unspecified atom stereocenters. The van der Waals surface area contributed by atoms with Gasteiger partial charge in [-0.25, -0.2) is 9.69 Å². The SMILES string of the molecule is CC(=O)OC[C@H]1O[C@@H](N2C(=O)NC[C@H](O)C2=O)[C@H](OC(C)=O)[C@@H](OC(C)=O)[C@@H]1OC(C)=O. The van der Waals surface area contributed by atoms with Gasteiger partial charge in [0.25, 0.3) is 5.91 Å². The van der Waals surface area contributed by atoms with Crippen molar-refractivity contribution in [2.75, 3.05) is 13.2 Å². The number of imide groups is 1. The first-order valence-electron chi connectivity index (χ1n) is 9.51. The number of aliphatic hydroxyl groups is 1. The molecule has 2 heterocycles. The van der Waals surface area contributed by atoms with E-state index in [0.717, 1.165) is 27.7 Å². The molecule has 0 aromatic carbocycles. The van der Waals surface area contributed by atoms with Gasteiger partial charge in [-0.3, -0.25) is 24.0 Å². The van der Waals surface area contributed by atoms with Crippen LogP contribution >= 0.6 is 0 Å². The normalized spacial score (nSPS) is 30.1. The van der Waals surface area contributed by atoms with E-state index in [4.69, 9.17) is 23.7 Å². The van der Waals surface area contributed by atoms with Gasteiger partial charge in [-0.05, 0) is 0 Å². The molecule has 0 aromatic heterocycles. The Balaban J connectivity index is 2.55. The molecular weight excluding hydrogens is 436 g/mol. The number of aliphatic hydroxyl groups excluding tert-OH is 1. The summed E-state index contributed by atoms with van der Waals surface area (Å²) in [5.41, 5.74) is 0. The van der Waals surface area contributed by atoms with E-state index >= 15 is 0 Å². The van der Waals surface area contributed by atoms with Crippen LogP contribution in [0, 0.1) is 0 Å². The van der Waals surface area contributed by atoms with Crippen molar-refractivity contribution in [3.63, 3.8) is 0 Å². The number of carbonyl (C=O) groups excluding carboxylic acids is 6. The van der Waals surface area contributed by atoms with E-state index < -0.39 is 79.2 Å². The molecule has 2 N–H and O–H groups in total. The van der Waals surface area contributed by atoms with Crippen molar-refractivity contribution in [3.05, 3.63) is 0 Å². The van der Waals surface area contributed by atoms with Crippen molar-refractivity contribution in [2.45, 2.75) is 64.4 Å². The zero-order valence-electron chi connectivity index (χ0n) is 17.8. The van der Waals surface area contributed by atoms with Crippen LogP contribution in [0.15, 0.2) is 0 Å². The maximum atomic E-state index is 12.5. The largest absolute Gasteiger partial charge is 0.463 e. The summed E-state index contributed by atoms with van der Waals surface area (Å²) in [4.78, 5) is 72.0. The monoisotopic (exact) mass is 460 g/mol. The van der Waals surface area contributed by atoms with Gasteiger partial charge in [0.2, 0.25) is 0 Å². The Hall–Kier alpha value is -3.26. The van der Waals surface area contributed by atoms with E-state index in [0.29, 0.717) is 4.90 Å². The number of ether oxygens (including phenoxy) is 5. The first-order valence-corrected chi connectivity index (χ1v) is 9.51. The van der Waals surface area contributed by atoms with Crippen LogP contribution in [0.5, 0.6) is 0 Å². The molecule has 2 rings (SSSR count). The number of rotatable bonds is 6. The quantitative estimate of drug-likeness (QED) is 0.328. The van der Waals surface area contributed by atoms with Crippen LogP contribution in [0.4, 0.5) is 4.79 Å². The molecule has 2 aliphatic heterocycles. The van der Waals surface area contributed by atoms with Gasteiger partial charge in [-0.1, -0.05) is 0 Å². The predicted octanol–water partition coefficient (Wildman–Crippen LogP) is -2.02. The van der Waals surface area contributed by atoms with Gasteiger partial charge < -0.3 is 34.1 Å². The molecule has 0 radical (unpaired) electrons. The van der Waals surface area contributed by atoms with Crippen molar-refractivity contribution in [1.29, 1.82) is 0 Å². The Bertz CT molecular complexity index is 799. The van der Waals surface area contributed by atoms with E-state index in [1.165, 1.54) is 0 Å². The maximum Gasteiger partial charge on any atom is 0.326 e. The van der Waals surface area contributed by atoms with E-state index in [1.807, 2.05) is 0 Å². The van der Waals surface area contributed by atoms with Gasteiger partial charge in [0, 0.05) is 27.7 Å². The van der Waals surface area contributed by atoms with Gasteiger partial charge in [0.1, 0.15) is 12.7 Å². The molecule has 0 saturated carbocycles. The fourth-order valence-electron chi connectivity index (χ4n) is 3.27. The Morgan fingerprint density at radius 2 is 1.47 bits per heavy atom. The third kappa shape index (κ3) is 5.91. The zero-order chi connectivity index (χ0) is 24.2. The van der Waals surface area contributed by atoms with E-state index in [-0.39, 0.29) is 6.54 Å². The molecule has 14 heteroatoms. The molecule has 3 amide bonds. The summed E-state index contributed by atoms with van der Waals surface area (Å²) in [6.45, 7) is 3.31. The molecule has 6 atom stereocenters. The summed E-state index contributed by atoms with van der Waals surface area (Å²) in [5.74, 6) is -4.39. The number of carbonyl (C=O) groups is 6. The molecular formula is C18H24N2O12. The summed E-state index contributed by atoms with van der Waals surface area (Å²) in [6.07, 6.45) is -9.33. The van der Waals surface area contributed by atoms with Gasteiger partial charge in [-0.2, -0.15) is 0 Å². The van der Waals surface area contributed by atoms with Crippen molar-refractivity contribution >= 4 is 35.8 Å². The van der Waals surface area contributed by atoms with Crippen LogP contribution in [0.25, 0.3) is 0 Å². The number of nitrogens with one attached hydrogen (secondary N) is 1. The molecule has 2 saturated heterocycles. The molecule has 0 aromatic rings. The Morgan fingerprint density at radius 3 is 2.00 bits per heavy atom. The second-order valence-electron chi connectivity index (χ2n) is 7.00. The Kier molecular flexibility index (Phi) is 8.10. The second kappa shape index (κ2) is 10.4. The lowest BCUT2D eigenvalue weighted by atomic mass is 9.96. The minimum Gasteiger partial charge on any atom is -0.463 e. The lowest BCUT2D eigenvalue weighted by molar-refractivity contribution is -0.272. The standard InChI is InChI=1S/C18H24N2O12/c1-7(21)28-6-12-13(29-8(2)22)14(30-9(3)23)15(31-10(4)24)17(32-12)20-16(26)11(25)5-19-18(20)27/h11-15,17,25H,5-6H2,1-4H3,(H,19,27)/t11-,12+,13+,14-,15+,17+/m0/s1. The van der Waals surface area contributed by atoms with E-state index in [2.05, 4.69) is 5.32 Å². The first kappa shape index (κ1) is 25.0. The summed E-state index contributed by atoms with van der Waals surface area (Å²) >= 11 is 0. The summed E-state index contributed by atoms with van der Waals surface area (Å²) in [5, 5.41) is 12.2. The van der Waals surface area contributed by atoms with Crippen molar-refractivity contribution in [3.8, 4) is 0 Å². The van der Waals surface area contributed by atoms with Crippen molar-refractivity contribution < 1.29 is 57.6 Å². The van der Waals surface area contributed by atoms with Gasteiger partial charge in [0.05, 0.1) is 6.54 Å². The number of amides is 3. The highest BCUT2D eigenvalue weighted by molar-refractivity contribution is 5.99. The summed E-state index contributed by atoms with van der Waals surface area (Å²) < 4.78 is 26.2. The summed E-state index contributed by atoms with van der Waals surface area (Å²) in [6, 6.07) is -0.985. The summed E-state index contributed by atoms with van der Waals surface area (Å²) in [7, 11) is 0. The van der Waals surface area contributed by atoms with Crippen LogP contribution < -0.4 is 5.32 Å². The van der Waals surface area contributed by atoms with E-state index in [9.17, 15) is 33.9 Å². The number of nitrogens with zero attached hydrogens (tertiary/aromatic N) is 1. The minimum atomic E-state index is -1.72. The Labute approximate surface area is 182 Å². The fraction of sp³-hybridized carbons (Fsp3) is 0.667. The molecule has 2 fully saturated rings. The van der Waals surface area contributed by atoms with Crippen LogP contribution in [0.3, 0.4) is 0 Å². The Morgan fingerprint density at radius 1 is 0.938 bits per heavy atom. The van der Waals surface area contributed by atoms with Crippen LogP contribution in [0.2, 0.25) is 0 Å². The molecule has 0 aliphatic carbocycles. The van der Waals surface area contributed by atoms with E-state index in [1.54, 1.807) is 0 Å². The molecule has 0 spiro atoms. The number of hydrogen-bond donors (Lipinski definition) is 2. The lowest BCUT2D eigenvalue weighted by Gasteiger charge is -2.47. The van der Waals surface area contributed by atoms with Crippen LogP contribution in [-0.2, 0) is 47.7 Å². The van der Waals surface area contributed by atoms with Gasteiger partial charge >= 0.3 is 29.9 Å². The maximum absolute atomic E-state index is 12.5. The van der Waals surface area contributed by atoms with Gasteiger partial charge in [0.15, 0.2) is 30.6 Å². The number of urea groups is 1. The highest BCUT2D eigenvalue weighted by atomic mass is 16.7. The molecule has 178 valence electrons. The highest BCUT2D eigenvalue weighted by Gasteiger charge is 2.56. The second-order valence-corrected chi connectivity index (χ2v) is 7.00. The third-order valence-corrected chi connectivity index (χ3v) is 4.41. The highest BCUT2D eigenvalue weighted by Crippen LogP contribution is 2.32. The first-order chi connectivity index (χ1) is 14.9. The molecule has 0 bridgehead atoms. The zero-order valence-corrected chi connectivity index (χ0v) is 17.8.